The molecule has 0 radical (unpaired) electrons. The largest absolute Gasteiger partial charge is 0.396 e. The highest BCUT2D eigenvalue weighted by Crippen LogP contribution is 1.88. The number of hydrogen-bond donors (Lipinski definition) is 1. The van der Waals surface area contributed by atoms with Crippen molar-refractivity contribution in [1.29, 1.82) is 5.26 Å². The molecule has 58 valence electrons. The van der Waals surface area contributed by atoms with Crippen LogP contribution >= 0.6 is 0 Å². The molecule has 0 unspecified atom stereocenters. The SMILES string of the molecule is CCN(CC#N)CCCO. The lowest BCUT2D eigenvalue weighted by molar-refractivity contribution is 0.243. The molecule has 0 heterocycles. The Morgan fingerprint density at radius 3 is 2.70 bits per heavy atom. The van der Waals surface area contributed by atoms with Crippen molar-refractivity contribution in [2.24, 2.45) is 0 Å². The van der Waals surface area contributed by atoms with E-state index in [0.29, 0.717) is 6.54 Å². The van der Waals surface area contributed by atoms with Crippen molar-refractivity contribution >= 4 is 0 Å². The average Bonchev–Trinajstić information content (AvgIpc) is 1.98. The van der Waals surface area contributed by atoms with E-state index in [-0.39, 0.29) is 6.61 Å². The fourth-order valence-corrected chi connectivity index (χ4v) is 0.743. The second-order valence-electron chi connectivity index (χ2n) is 2.10. The van der Waals surface area contributed by atoms with Crippen molar-refractivity contribution in [1.82, 2.24) is 4.90 Å². The van der Waals surface area contributed by atoms with E-state index in [1.165, 1.54) is 0 Å². The van der Waals surface area contributed by atoms with Crippen LogP contribution < -0.4 is 0 Å². The molecule has 0 fully saturated rings. The summed E-state index contributed by atoms with van der Waals surface area (Å²) in [6, 6.07) is 2.07. The molecule has 0 aliphatic rings. The molecule has 0 saturated heterocycles. The first-order valence-electron chi connectivity index (χ1n) is 3.55. The predicted octanol–water partition coefficient (Wildman–Crippen LogP) is 0.214. The Bertz CT molecular complexity index is 109. The summed E-state index contributed by atoms with van der Waals surface area (Å²) in [4.78, 5) is 2.00. The third-order valence-corrected chi connectivity index (χ3v) is 1.37. The standard InChI is InChI=1S/C7H14N2O/c1-2-9(6-4-8)5-3-7-10/h10H,2-3,5-7H2,1H3. The second kappa shape index (κ2) is 6.53. The summed E-state index contributed by atoms with van der Waals surface area (Å²) in [6.45, 7) is 4.39. The minimum absolute atomic E-state index is 0.210. The van der Waals surface area contributed by atoms with E-state index in [2.05, 4.69) is 6.07 Å². The quantitative estimate of drug-likeness (QED) is 0.558. The van der Waals surface area contributed by atoms with Crippen LogP contribution in [0, 0.1) is 11.3 Å². The summed E-state index contributed by atoms with van der Waals surface area (Å²) in [7, 11) is 0. The Morgan fingerprint density at radius 2 is 2.30 bits per heavy atom. The van der Waals surface area contributed by atoms with Gasteiger partial charge in [-0.25, -0.2) is 0 Å². The van der Waals surface area contributed by atoms with Crippen molar-refractivity contribution in [3.63, 3.8) is 0 Å². The molecule has 0 saturated carbocycles. The molecular formula is C7H14N2O. The van der Waals surface area contributed by atoms with E-state index >= 15 is 0 Å². The highest BCUT2D eigenvalue weighted by molar-refractivity contribution is 4.75. The summed E-state index contributed by atoms with van der Waals surface area (Å²) < 4.78 is 0. The molecule has 0 aromatic carbocycles. The molecular weight excluding hydrogens is 128 g/mol. The third kappa shape index (κ3) is 4.30. The van der Waals surface area contributed by atoms with Crippen LogP contribution in [-0.4, -0.2) is 36.2 Å². The summed E-state index contributed by atoms with van der Waals surface area (Å²) in [6.07, 6.45) is 0.759. The van der Waals surface area contributed by atoms with Gasteiger partial charge in [-0.3, -0.25) is 4.90 Å². The van der Waals surface area contributed by atoms with Crippen LogP contribution in [-0.2, 0) is 0 Å². The first-order chi connectivity index (χ1) is 4.85. The molecule has 0 atom stereocenters. The molecule has 0 aliphatic heterocycles. The van der Waals surface area contributed by atoms with E-state index in [1.54, 1.807) is 0 Å². The van der Waals surface area contributed by atoms with Crippen LogP contribution in [0.2, 0.25) is 0 Å². The Hall–Kier alpha value is -0.590. The first kappa shape index (κ1) is 9.41. The van der Waals surface area contributed by atoms with Crippen LogP contribution in [0.1, 0.15) is 13.3 Å². The van der Waals surface area contributed by atoms with Crippen LogP contribution in [0.5, 0.6) is 0 Å². The van der Waals surface area contributed by atoms with E-state index in [1.807, 2.05) is 11.8 Å². The van der Waals surface area contributed by atoms with Crippen molar-refractivity contribution in [3.8, 4) is 6.07 Å². The van der Waals surface area contributed by atoms with Gasteiger partial charge >= 0.3 is 0 Å². The second-order valence-corrected chi connectivity index (χ2v) is 2.10. The minimum Gasteiger partial charge on any atom is -0.396 e. The minimum atomic E-state index is 0.210. The smallest absolute Gasteiger partial charge is 0.0865 e. The fourth-order valence-electron chi connectivity index (χ4n) is 0.743. The molecule has 0 spiro atoms. The van der Waals surface area contributed by atoms with Gasteiger partial charge in [0.25, 0.3) is 0 Å². The molecule has 10 heavy (non-hydrogen) atoms. The highest BCUT2D eigenvalue weighted by atomic mass is 16.3. The lowest BCUT2D eigenvalue weighted by Crippen LogP contribution is -2.25. The van der Waals surface area contributed by atoms with Gasteiger partial charge in [0.15, 0.2) is 0 Å². The van der Waals surface area contributed by atoms with Crippen molar-refractivity contribution in [2.75, 3.05) is 26.2 Å². The van der Waals surface area contributed by atoms with Gasteiger partial charge in [-0.2, -0.15) is 5.26 Å². The maximum Gasteiger partial charge on any atom is 0.0865 e. The first-order valence-corrected chi connectivity index (χ1v) is 3.55. The zero-order chi connectivity index (χ0) is 7.82. The number of aliphatic hydroxyl groups excluding tert-OH is 1. The van der Waals surface area contributed by atoms with Crippen LogP contribution in [0.25, 0.3) is 0 Å². The van der Waals surface area contributed by atoms with E-state index in [0.717, 1.165) is 19.5 Å². The Labute approximate surface area is 61.9 Å². The Morgan fingerprint density at radius 1 is 1.60 bits per heavy atom. The molecule has 0 rings (SSSR count). The third-order valence-electron chi connectivity index (χ3n) is 1.37. The predicted molar refractivity (Wildman–Crippen MR) is 39.4 cm³/mol. The maximum atomic E-state index is 8.47. The fraction of sp³-hybridized carbons (Fsp3) is 0.857. The summed E-state index contributed by atoms with van der Waals surface area (Å²) >= 11 is 0. The number of hydrogen-bond acceptors (Lipinski definition) is 3. The number of rotatable bonds is 5. The lowest BCUT2D eigenvalue weighted by atomic mass is 10.4. The zero-order valence-corrected chi connectivity index (χ0v) is 6.38. The van der Waals surface area contributed by atoms with E-state index < -0.39 is 0 Å². The number of aliphatic hydroxyl groups is 1. The molecule has 1 N–H and O–H groups in total. The summed E-state index contributed by atoms with van der Waals surface area (Å²) in [5, 5.41) is 16.8. The van der Waals surface area contributed by atoms with E-state index in [9.17, 15) is 0 Å². The topological polar surface area (TPSA) is 47.3 Å². The molecule has 0 aromatic heterocycles. The summed E-state index contributed by atoms with van der Waals surface area (Å²) in [5.74, 6) is 0. The van der Waals surface area contributed by atoms with Gasteiger partial charge in [0, 0.05) is 13.2 Å². The number of nitriles is 1. The highest BCUT2D eigenvalue weighted by Gasteiger charge is 1.98. The monoisotopic (exact) mass is 142 g/mol. The Balaban J connectivity index is 3.32. The van der Waals surface area contributed by atoms with Gasteiger partial charge in [0.05, 0.1) is 12.6 Å². The van der Waals surface area contributed by atoms with Crippen LogP contribution in [0.4, 0.5) is 0 Å². The van der Waals surface area contributed by atoms with Crippen molar-refractivity contribution in [3.05, 3.63) is 0 Å². The van der Waals surface area contributed by atoms with Gasteiger partial charge in [-0.05, 0) is 13.0 Å². The van der Waals surface area contributed by atoms with Gasteiger partial charge in [-0.1, -0.05) is 6.92 Å². The maximum absolute atomic E-state index is 8.47. The molecule has 3 nitrogen and oxygen atoms in total. The molecule has 0 aromatic rings. The van der Waals surface area contributed by atoms with Gasteiger partial charge in [0.1, 0.15) is 0 Å². The summed E-state index contributed by atoms with van der Waals surface area (Å²) in [5.41, 5.74) is 0. The normalized spacial score (nSPS) is 9.80. The van der Waals surface area contributed by atoms with Crippen LogP contribution in [0.3, 0.4) is 0 Å². The Kier molecular flexibility index (Phi) is 6.14. The van der Waals surface area contributed by atoms with Crippen molar-refractivity contribution < 1.29 is 5.11 Å². The molecule has 3 heteroatoms. The van der Waals surface area contributed by atoms with Gasteiger partial charge in [-0.15, -0.1) is 0 Å². The zero-order valence-electron chi connectivity index (χ0n) is 6.38. The lowest BCUT2D eigenvalue weighted by Gasteiger charge is -2.14. The number of nitrogens with zero attached hydrogens (tertiary/aromatic N) is 2. The molecule has 0 amide bonds. The van der Waals surface area contributed by atoms with Crippen LogP contribution in [0.15, 0.2) is 0 Å². The molecule has 0 aliphatic carbocycles. The molecule has 0 bridgehead atoms. The average molecular weight is 142 g/mol. The van der Waals surface area contributed by atoms with Gasteiger partial charge < -0.3 is 5.11 Å². The van der Waals surface area contributed by atoms with Crippen molar-refractivity contribution in [2.45, 2.75) is 13.3 Å². The van der Waals surface area contributed by atoms with E-state index in [4.69, 9.17) is 10.4 Å². The van der Waals surface area contributed by atoms with Gasteiger partial charge in [0.2, 0.25) is 0 Å².